The Bertz CT molecular complexity index is 1000. The Hall–Kier alpha value is -2.79. The van der Waals surface area contributed by atoms with Crippen LogP contribution < -0.4 is 0 Å². The van der Waals surface area contributed by atoms with E-state index < -0.39 is 0 Å². The monoisotopic (exact) mass is 445 g/mol. The van der Waals surface area contributed by atoms with Crippen molar-refractivity contribution in [2.75, 3.05) is 6.61 Å². The topological polar surface area (TPSA) is 57.0 Å². The molecule has 0 N–H and O–H groups in total. The van der Waals surface area contributed by atoms with Gasteiger partial charge >= 0.3 is 0 Å². The van der Waals surface area contributed by atoms with Gasteiger partial charge in [0, 0.05) is 17.9 Å². The third-order valence-electron chi connectivity index (χ3n) is 7.25. The molecule has 3 atom stereocenters. The molecule has 4 rings (SSSR count). The summed E-state index contributed by atoms with van der Waals surface area (Å²) in [6, 6.07) is 18.9. The van der Waals surface area contributed by atoms with Gasteiger partial charge in [-0.05, 0) is 56.1 Å². The van der Waals surface area contributed by atoms with E-state index in [9.17, 15) is 4.79 Å². The molecule has 0 amide bonds. The van der Waals surface area contributed by atoms with Crippen LogP contribution in [0.15, 0.2) is 67.3 Å². The molecule has 1 aliphatic carbocycles. The molecule has 3 aromatic rings. The largest absolute Gasteiger partial charge is 0.377 e. The summed E-state index contributed by atoms with van der Waals surface area (Å²) < 4.78 is 7.76. The normalized spacial score (nSPS) is 23.0. The number of benzene rings is 2. The molecule has 0 saturated heterocycles. The molecule has 1 fully saturated rings. The van der Waals surface area contributed by atoms with E-state index in [0.29, 0.717) is 31.5 Å². The number of aromatic nitrogens is 3. The van der Waals surface area contributed by atoms with Crippen LogP contribution in [0.4, 0.5) is 0 Å². The Morgan fingerprint density at radius 1 is 1.09 bits per heavy atom. The highest BCUT2D eigenvalue weighted by Gasteiger charge is 2.45. The summed E-state index contributed by atoms with van der Waals surface area (Å²) in [5, 5.41) is 4.29. The Morgan fingerprint density at radius 3 is 2.61 bits per heavy atom. The average Bonchev–Trinajstić information content (AvgIpc) is 3.35. The van der Waals surface area contributed by atoms with Crippen molar-refractivity contribution in [2.24, 2.45) is 17.3 Å². The maximum Gasteiger partial charge on any atom is 0.144 e. The molecular weight excluding hydrogens is 410 g/mol. The Balaban J connectivity index is 1.38. The highest BCUT2D eigenvalue weighted by molar-refractivity contribution is 5.87. The van der Waals surface area contributed by atoms with Crippen LogP contribution in [-0.2, 0) is 29.1 Å². The maximum absolute atomic E-state index is 13.8. The number of rotatable bonds is 10. The molecule has 33 heavy (non-hydrogen) atoms. The summed E-state index contributed by atoms with van der Waals surface area (Å²) in [5.41, 5.74) is 3.44. The van der Waals surface area contributed by atoms with Gasteiger partial charge in [0.05, 0.1) is 13.2 Å². The standard InChI is InChI=1S/C28H35N3O2/c1-22-8-10-23(11-9-22)12-13-25-14-15-28(2,16-17-33-19-24-6-4-3-5-7-24)27(32)26(25)18-31-21-29-20-30-31/h3-11,20-21,25-26H,12-19H2,1-2H3/t25-,26+,28+/m1/s1. The van der Waals surface area contributed by atoms with E-state index in [2.05, 4.69) is 60.3 Å². The molecule has 0 spiro atoms. The Kier molecular flexibility index (Phi) is 7.71. The maximum atomic E-state index is 13.8. The van der Waals surface area contributed by atoms with E-state index in [1.807, 2.05) is 22.9 Å². The van der Waals surface area contributed by atoms with Gasteiger partial charge in [-0.25, -0.2) is 4.98 Å². The second kappa shape index (κ2) is 10.9. The average molecular weight is 446 g/mol. The molecule has 0 aliphatic heterocycles. The first kappa shape index (κ1) is 23.4. The van der Waals surface area contributed by atoms with Crippen molar-refractivity contribution >= 4 is 5.78 Å². The molecule has 5 heteroatoms. The van der Waals surface area contributed by atoms with Gasteiger partial charge in [-0.15, -0.1) is 0 Å². The van der Waals surface area contributed by atoms with Crippen LogP contribution in [0.5, 0.6) is 0 Å². The van der Waals surface area contributed by atoms with Crippen molar-refractivity contribution in [1.29, 1.82) is 0 Å². The van der Waals surface area contributed by atoms with Crippen LogP contribution in [0, 0.1) is 24.2 Å². The van der Waals surface area contributed by atoms with Gasteiger partial charge in [0.15, 0.2) is 0 Å². The van der Waals surface area contributed by atoms with E-state index in [0.717, 1.165) is 37.7 Å². The summed E-state index contributed by atoms with van der Waals surface area (Å²) >= 11 is 0. The number of hydrogen-bond donors (Lipinski definition) is 0. The summed E-state index contributed by atoms with van der Waals surface area (Å²) in [7, 11) is 0. The van der Waals surface area contributed by atoms with Gasteiger partial charge in [-0.1, -0.05) is 67.1 Å². The van der Waals surface area contributed by atoms with Crippen LogP contribution in [0.1, 0.15) is 49.3 Å². The van der Waals surface area contributed by atoms with Crippen molar-refractivity contribution in [2.45, 2.75) is 59.1 Å². The highest BCUT2D eigenvalue weighted by atomic mass is 16.5. The smallest absolute Gasteiger partial charge is 0.144 e. The van der Waals surface area contributed by atoms with E-state index >= 15 is 0 Å². The van der Waals surface area contributed by atoms with E-state index in [1.54, 1.807) is 12.7 Å². The van der Waals surface area contributed by atoms with E-state index in [4.69, 9.17) is 4.74 Å². The SMILES string of the molecule is Cc1ccc(CC[C@@H]2CC[C@@](C)(CCOCc3ccccc3)C(=O)[C@H]2Cn2cncn2)cc1. The van der Waals surface area contributed by atoms with Gasteiger partial charge in [0.25, 0.3) is 0 Å². The van der Waals surface area contributed by atoms with Gasteiger partial charge in [0.1, 0.15) is 18.4 Å². The van der Waals surface area contributed by atoms with Crippen LogP contribution in [-0.4, -0.2) is 27.2 Å². The van der Waals surface area contributed by atoms with Crippen molar-refractivity contribution in [3.8, 4) is 0 Å². The van der Waals surface area contributed by atoms with Crippen LogP contribution in [0.25, 0.3) is 0 Å². The Labute approximate surface area is 197 Å². The molecule has 0 radical (unpaired) electrons. The summed E-state index contributed by atoms with van der Waals surface area (Å²) in [4.78, 5) is 17.9. The first-order valence-electron chi connectivity index (χ1n) is 12.1. The predicted molar refractivity (Wildman–Crippen MR) is 130 cm³/mol. The van der Waals surface area contributed by atoms with Gasteiger partial charge in [0.2, 0.25) is 0 Å². The third-order valence-corrected chi connectivity index (χ3v) is 7.25. The lowest BCUT2D eigenvalue weighted by Gasteiger charge is -2.41. The second-order valence-corrected chi connectivity index (χ2v) is 9.76. The molecule has 5 nitrogen and oxygen atoms in total. The van der Waals surface area contributed by atoms with Crippen molar-refractivity contribution in [3.63, 3.8) is 0 Å². The molecule has 2 aromatic carbocycles. The summed E-state index contributed by atoms with van der Waals surface area (Å²) in [5.74, 6) is 0.688. The lowest BCUT2D eigenvalue weighted by atomic mass is 9.63. The number of nitrogens with zero attached hydrogens (tertiary/aromatic N) is 3. The number of hydrogen-bond acceptors (Lipinski definition) is 4. The lowest BCUT2D eigenvalue weighted by molar-refractivity contribution is -0.140. The minimum Gasteiger partial charge on any atom is -0.377 e. The van der Waals surface area contributed by atoms with Crippen LogP contribution in [0.3, 0.4) is 0 Å². The number of ketones is 1. The molecule has 1 aliphatic rings. The van der Waals surface area contributed by atoms with Crippen LogP contribution in [0.2, 0.25) is 0 Å². The predicted octanol–water partition coefficient (Wildman–Crippen LogP) is 5.43. The number of carbonyl (C=O) groups is 1. The van der Waals surface area contributed by atoms with Crippen molar-refractivity contribution in [1.82, 2.24) is 14.8 Å². The quantitative estimate of drug-likeness (QED) is 0.391. The van der Waals surface area contributed by atoms with Crippen molar-refractivity contribution in [3.05, 3.63) is 83.9 Å². The van der Waals surface area contributed by atoms with Crippen LogP contribution >= 0.6 is 0 Å². The van der Waals surface area contributed by atoms with Gasteiger partial charge < -0.3 is 4.74 Å². The van der Waals surface area contributed by atoms with Gasteiger partial charge in [-0.2, -0.15) is 5.10 Å². The molecule has 1 saturated carbocycles. The molecular formula is C28H35N3O2. The lowest BCUT2D eigenvalue weighted by Crippen LogP contribution is -2.44. The molecule has 1 heterocycles. The van der Waals surface area contributed by atoms with E-state index in [1.165, 1.54) is 11.1 Å². The fraction of sp³-hybridized carbons (Fsp3) is 0.464. The zero-order valence-electron chi connectivity index (χ0n) is 19.8. The fourth-order valence-electron chi connectivity index (χ4n) is 5.01. The minimum absolute atomic E-state index is 0.0370. The van der Waals surface area contributed by atoms with Gasteiger partial charge in [-0.3, -0.25) is 9.48 Å². The zero-order valence-corrected chi connectivity index (χ0v) is 19.8. The highest BCUT2D eigenvalue weighted by Crippen LogP contribution is 2.44. The first-order valence-corrected chi connectivity index (χ1v) is 12.1. The number of aryl methyl sites for hydroxylation is 2. The number of carbonyl (C=O) groups excluding carboxylic acids is 1. The molecule has 0 bridgehead atoms. The minimum atomic E-state index is -0.345. The molecule has 1 aromatic heterocycles. The third kappa shape index (κ3) is 6.17. The summed E-state index contributed by atoms with van der Waals surface area (Å²) in [6.07, 6.45) is 8.04. The Morgan fingerprint density at radius 2 is 1.88 bits per heavy atom. The van der Waals surface area contributed by atoms with E-state index in [-0.39, 0.29) is 11.3 Å². The summed E-state index contributed by atoms with van der Waals surface area (Å²) in [6.45, 7) is 6.04. The fourth-order valence-corrected chi connectivity index (χ4v) is 5.01. The second-order valence-electron chi connectivity index (χ2n) is 9.76. The molecule has 0 unspecified atom stereocenters. The first-order chi connectivity index (χ1) is 16.0. The number of Topliss-reactive ketones (excluding diaryl/α,β-unsaturated/α-hetero) is 1. The zero-order chi connectivity index (χ0) is 23.1. The number of ether oxygens (including phenoxy) is 1. The molecule has 174 valence electrons. The van der Waals surface area contributed by atoms with Crippen molar-refractivity contribution < 1.29 is 9.53 Å².